The molecule has 6 heteroatoms. The minimum absolute atomic E-state index is 0.0332. The molecule has 2 aromatic carbocycles. The minimum atomic E-state index is -0.928. The molecule has 0 bridgehead atoms. The van der Waals surface area contributed by atoms with Gasteiger partial charge in [0.25, 0.3) is 0 Å². The van der Waals surface area contributed by atoms with Crippen LogP contribution < -0.4 is 0 Å². The molecule has 2 aliphatic rings. The van der Waals surface area contributed by atoms with E-state index in [2.05, 4.69) is 6.58 Å². The standard InChI is InChI=1S/C23H22F4O2/c1-2-13-3-4-15(21(25)20(13)24)11-28-16-7-5-14(6-8-16)17-9-10-18(19-12-29-19)23(27)22(17)26/h2-4,9-10,14,16,19H,1,5-8,11-12H2. The third-order valence-electron chi connectivity index (χ3n) is 5.82. The Kier molecular flexibility index (Phi) is 5.74. The Bertz CT molecular complexity index is 916. The maximum Gasteiger partial charge on any atom is 0.166 e. The summed E-state index contributed by atoms with van der Waals surface area (Å²) in [6.45, 7) is 3.84. The third-order valence-corrected chi connectivity index (χ3v) is 5.82. The number of ether oxygens (including phenoxy) is 2. The summed E-state index contributed by atoms with van der Waals surface area (Å²) in [4.78, 5) is 0. The van der Waals surface area contributed by atoms with E-state index in [0.717, 1.165) is 0 Å². The van der Waals surface area contributed by atoms with Gasteiger partial charge in [-0.25, -0.2) is 17.6 Å². The first-order valence-electron chi connectivity index (χ1n) is 9.80. The Balaban J connectivity index is 1.35. The lowest BCUT2D eigenvalue weighted by molar-refractivity contribution is 0.0116. The second kappa shape index (κ2) is 8.28. The quantitative estimate of drug-likeness (QED) is 0.421. The molecule has 0 spiro atoms. The first-order chi connectivity index (χ1) is 14.0. The van der Waals surface area contributed by atoms with Crippen molar-refractivity contribution in [2.24, 2.45) is 0 Å². The van der Waals surface area contributed by atoms with Crippen LogP contribution in [0.4, 0.5) is 17.6 Å². The Labute approximate surface area is 167 Å². The van der Waals surface area contributed by atoms with E-state index in [1.165, 1.54) is 18.2 Å². The zero-order valence-electron chi connectivity index (χ0n) is 15.9. The zero-order chi connectivity index (χ0) is 20.5. The first-order valence-corrected chi connectivity index (χ1v) is 9.80. The second-order valence-corrected chi connectivity index (χ2v) is 7.62. The number of rotatable bonds is 6. The summed E-state index contributed by atoms with van der Waals surface area (Å²) in [5.74, 6) is -3.54. The fourth-order valence-electron chi connectivity index (χ4n) is 3.99. The van der Waals surface area contributed by atoms with E-state index in [-0.39, 0.29) is 41.4 Å². The van der Waals surface area contributed by atoms with Crippen LogP contribution in [0.5, 0.6) is 0 Å². The maximum absolute atomic E-state index is 14.5. The molecule has 1 unspecified atom stereocenters. The van der Waals surface area contributed by atoms with Crippen molar-refractivity contribution in [2.45, 2.75) is 50.4 Å². The fourth-order valence-corrected chi connectivity index (χ4v) is 3.99. The van der Waals surface area contributed by atoms with Crippen LogP contribution in [-0.4, -0.2) is 12.7 Å². The molecule has 0 radical (unpaired) electrons. The molecule has 2 nitrogen and oxygen atoms in total. The molecule has 1 aliphatic carbocycles. The summed E-state index contributed by atoms with van der Waals surface area (Å²) >= 11 is 0. The van der Waals surface area contributed by atoms with Gasteiger partial charge in [-0.1, -0.05) is 36.9 Å². The van der Waals surface area contributed by atoms with Crippen molar-refractivity contribution in [1.29, 1.82) is 0 Å². The van der Waals surface area contributed by atoms with Gasteiger partial charge in [-0.3, -0.25) is 0 Å². The average molecular weight is 406 g/mol. The van der Waals surface area contributed by atoms with Gasteiger partial charge in [0.1, 0.15) is 6.10 Å². The van der Waals surface area contributed by atoms with Crippen LogP contribution in [0.25, 0.3) is 6.08 Å². The summed E-state index contributed by atoms with van der Waals surface area (Å²) in [7, 11) is 0. The van der Waals surface area contributed by atoms with E-state index in [4.69, 9.17) is 9.47 Å². The monoisotopic (exact) mass is 406 g/mol. The van der Waals surface area contributed by atoms with Gasteiger partial charge in [0.05, 0.1) is 19.3 Å². The molecule has 29 heavy (non-hydrogen) atoms. The third kappa shape index (κ3) is 4.09. The molecule has 1 saturated carbocycles. The highest BCUT2D eigenvalue weighted by Crippen LogP contribution is 2.39. The summed E-state index contributed by atoms with van der Waals surface area (Å²) in [6.07, 6.45) is 3.39. The van der Waals surface area contributed by atoms with Crippen molar-refractivity contribution < 1.29 is 27.0 Å². The zero-order valence-corrected chi connectivity index (χ0v) is 15.9. The fraction of sp³-hybridized carbons (Fsp3) is 0.391. The molecule has 0 aromatic heterocycles. The topological polar surface area (TPSA) is 21.8 Å². The summed E-state index contributed by atoms with van der Waals surface area (Å²) < 4.78 is 67.5. The molecular formula is C23H22F4O2. The number of epoxide rings is 1. The van der Waals surface area contributed by atoms with E-state index < -0.39 is 23.3 Å². The smallest absolute Gasteiger partial charge is 0.166 e. The first kappa shape index (κ1) is 20.1. The number of hydrogen-bond acceptors (Lipinski definition) is 2. The van der Waals surface area contributed by atoms with Crippen molar-refractivity contribution in [3.8, 4) is 0 Å². The molecule has 0 amide bonds. The summed E-state index contributed by atoms with van der Waals surface area (Å²) in [5, 5.41) is 0. The van der Waals surface area contributed by atoms with Crippen LogP contribution >= 0.6 is 0 Å². The van der Waals surface area contributed by atoms with Gasteiger partial charge in [-0.05, 0) is 37.2 Å². The molecule has 0 N–H and O–H groups in total. The molecule has 154 valence electrons. The molecule has 1 heterocycles. The van der Waals surface area contributed by atoms with Gasteiger partial charge in [0.2, 0.25) is 0 Å². The minimum Gasteiger partial charge on any atom is -0.373 e. The normalized spacial score (nSPS) is 23.8. The average Bonchev–Trinajstić information content (AvgIpc) is 3.57. The molecule has 4 rings (SSSR count). The van der Waals surface area contributed by atoms with Gasteiger partial charge in [0.15, 0.2) is 23.3 Å². The predicted molar refractivity (Wildman–Crippen MR) is 101 cm³/mol. The van der Waals surface area contributed by atoms with Gasteiger partial charge < -0.3 is 9.47 Å². The highest BCUT2D eigenvalue weighted by Gasteiger charge is 2.32. The van der Waals surface area contributed by atoms with Gasteiger partial charge in [0, 0.05) is 16.7 Å². The Hall–Kier alpha value is -2.18. The molecule has 1 saturated heterocycles. The van der Waals surface area contributed by atoms with Gasteiger partial charge in [-0.15, -0.1) is 0 Å². The van der Waals surface area contributed by atoms with Crippen molar-refractivity contribution in [3.05, 3.63) is 76.4 Å². The van der Waals surface area contributed by atoms with Crippen molar-refractivity contribution in [2.75, 3.05) is 6.61 Å². The van der Waals surface area contributed by atoms with E-state index in [0.29, 0.717) is 37.9 Å². The highest BCUT2D eigenvalue weighted by atomic mass is 19.2. The summed E-state index contributed by atoms with van der Waals surface area (Å²) in [6, 6.07) is 6.22. The van der Waals surface area contributed by atoms with E-state index in [1.807, 2.05) is 0 Å². The molecular weight excluding hydrogens is 384 g/mol. The number of hydrogen-bond donors (Lipinski definition) is 0. The van der Waals surface area contributed by atoms with Crippen LogP contribution in [-0.2, 0) is 16.1 Å². The summed E-state index contributed by atoms with van der Waals surface area (Å²) in [5.41, 5.74) is 0.931. The van der Waals surface area contributed by atoms with Gasteiger partial charge in [-0.2, -0.15) is 0 Å². The van der Waals surface area contributed by atoms with Crippen molar-refractivity contribution in [1.82, 2.24) is 0 Å². The maximum atomic E-state index is 14.5. The Morgan fingerprint density at radius 2 is 1.55 bits per heavy atom. The van der Waals surface area contributed by atoms with Crippen LogP contribution in [0, 0.1) is 23.3 Å². The largest absolute Gasteiger partial charge is 0.373 e. The van der Waals surface area contributed by atoms with Crippen LogP contribution in [0.3, 0.4) is 0 Å². The lowest BCUT2D eigenvalue weighted by Gasteiger charge is -2.29. The van der Waals surface area contributed by atoms with Crippen molar-refractivity contribution in [3.63, 3.8) is 0 Å². The predicted octanol–water partition coefficient (Wildman–Crippen LogP) is 6.20. The number of benzene rings is 2. The van der Waals surface area contributed by atoms with E-state index in [9.17, 15) is 17.6 Å². The molecule has 1 aliphatic heterocycles. The second-order valence-electron chi connectivity index (χ2n) is 7.62. The van der Waals surface area contributed by atoms with Gasteiger partial charge >= 0.3 is 0 Å². The number of halogens is 4. The Morgan fingerprint density at radius 3 is 2.21 bits per heavy atom. The SMILES string of the molecule is C=Cc1ccc(COC2CCC(c3ccc(C4CO4)c(F)c3F)CC2)c(F)c1F. The van der Waals surface area contributed by atoms with E-state index in [1.54, 1.807) is 12.1 Å². The lowest BCUT2D eigenvalue weighted by Crippen LogP contribution is -2.22. The Morgan fingerprint density at radius 1 is 0.897 bits per heavy atom. The van der Waals surface area contributed by atoms with Crippen LogP contribution in [0.1, 0.15) is 60.0 Å². The van der Waals surface area contributed by atoms with Crippen LogP contribution in [0.2, 0.25) is 0 Å². The highest BCUT2D eigenvalue weighted by molar-refractivity contribution is 5.48. The molecule has 2 aromatic rings. The molecule has 2 fully saturated rings. The lowest BCUT2D eigenvalue weighted by atomic mass is 9.82. The van der Waals surface area contributed by atoms with E-state index >= 15 is 0 Å². The van der Waals surface area contributed by atoms with Crippen LogP contribution in [0.15, 0.2) is 30.8 Å². The molecule has 1 atom stereocenters. The van der Waals surface area contributed by atoms with Crippen molar-refractivity contribution >= 4 is 6.08 Å².